The Balaban J connectivity index is 1.24. The Kier molecular flexibility index (Phi) is 10.2. The van der Waals surface area contributed by atoms with Gasteiger partial charge in [0.2, 0.25) is 0 Å². The van der Waals surface area contributed by atoms with Crippen molar-refractivity contribution in [3.63, 3.8) is 0 Å². The molecule has 2 aromatic heterocycles. The van der Waals surface area contributed by atoms with Gasteiger partial charge in [-0.15, -0.1) is 5.06 Å². The molecule has 4 aromatic carbocycles. The van der Waals surface area contributed by atoms with Gasteiger partial charge in [-0.1, -0.05) is 50.2 Å². The first-order valence-electron chi connectivity index (χ1n) is 18.6. The highest BCUT2D eigenvalue weighted by Crippen LogP contribution is 2.35. The van der Waals surface area contributed by atoms with Crippen molar-refractivity contribution in [3.05, 3.63) is 113 Å². The number of hydrogen-bond donors (Lipinski definition) is 0. The minimum atomic E-state index is -0.636. The Bertz CT molecular complexity index is 2210. The van der Waals surface area contributed by atoms with Crippen LogP contribution in [0, 0.1) is 5.41 Å². The normalized spacial score (nSPS) is 15.3. The fourth-order valence-corrected chi connectivity index (χ4v) is 7.09. The average Bonchev–Trinajstić information content (AvgIpc) is 3.71. The number of piperazine rings is 1. The SMILES string of the molecule is CCc1nn(Cc2ccc(OC)cc2)c2cc(C3CN(c4ccc5c(CC)nn(Cc6ccc(OC)cc6)c5c4)CCN3OC(=O)C(C)(C)C)ccc12. The highest BCUT2D eigenvalue weighted by atomic mass is 16.7. The molecule has 53 heavy (non-hydrogen) atoms. The Labute approximate surface area is 311 Å². The minimum absolute atomic E-state index is 0.208. The van der Waals surface area contributed by atoms with Gasteiger partial charge in [0.15, 0.2) is 0 Å². The number of benzene rings is 4. The molecule has 0 radical (unpaired) electrons. The van der Waals surface area contributed by atoms with E-state index >= 15 is 0 Å². The Morgan fingerprint density at radius 1 is 0.717 bits per heavy atom. The van der Waals surface area contributed by atoms with Gasteiger partial charge in [0.05, 0.1) is 67.7 Å². The monoisotopic (exact) mass is 714 g/mol. The predicted octanol–water partition coefficient (Wildman–Crippen LogP) is 7.99. The van der Waals surface area contributed by atoms with Crippen LogP contribution < -0.4 is 14.4 Å². The molecule has 0 bridgehead atoms. The summed E-state index contributed by atoms with van der Waals surface area (Å²) in [6.07, 6.45) is 1.68. The van der Waals surface area contributed by atoms with Gasteiger partial charge in [0.1, 0.15) is 11.5 Å². The molecule has 1 saturated heterocycles. The zero-order valence-electron chi connectivity index (χ0n) is 31.9. The van der Waals surface area contributed by atoms with Crippen molar-refractivity contribution in [2.75, 3.05) is 38.8 Å². The molecule has 7 rings (SSSR count). The molecule has 6 aromatic rings. The summed E-state index contributed by atoms with van der Waals surface area (Å²) >= 11 is 0. The highest BCUT2D eigenvalue weighted by molar-refractivity contribution is 5.86. The van der Waals surface area contributed by atoms with Crippen LogP contribution >= 0.6 is 0 Å². The van der Waals surface area contributed by atoms with E-state index in [4.69, 9.17) is 24.5 Å². The molecule has 0 amide bonds. The molecule has 0 aliphatic carbocycles. The molecule has 10 nitrogen and oxygen atoms in total. The number of carbonyl (C=O) groups is 1. The maximum absolute atomic E-state index is 13.3. The molecular weight excluding hydrogens is 665 g/mol. The third-order valence-corrected chi connectivity index (χ3v) is 10.2. The fourth-order valence-electron chi connectivity index (χ4n) is 7.09. The highest BCUT2D eigenvalue weighted by Gasteiger charge is 2.35. The third-order valence-electron chi connectivity index (χ3n) is 10.2. The second-order valence-corrected chi connectivity index (χ2v) is 14.8. The predicted molar refractivity (Wildman–Crippen MR) is 210 cm³/mol. The third kappa shape index (κ3) is 7.46. The van der Waals surface area contributed by atoms with Gasteiger partial charge < -0.3 is 19.2 Å². The van der Waals surface area contributed by atoms with Crippen molar-refractivity contribution in [2.45, 2.75) is 66.6 Å². The van der Waals surface area contributed by atoms with Crippen molar-refractivity contribution >= 4 is 33.5 Å². The first kappa shape index (κ1) is 36.0. The van der Waals surface area contributed by atoms with E-state index in [9.17, 15) is 4.79 Å². The summed E-state index contributed by atoms with van der Waals surface area (Å²) in [6, 6.07) is 29.3. The van der Waals surface area contributed by atoms with Crippen LogP contribution in [-0.4, -0.2) is 64.4 Å². The number of nitrogens with zero attached hydrogens (tertiary/aromatic N) is 6. The first-order chi connectivity index (χ1) is 25.6. The summed E-state index contributed by atoms with van der Waals surface area (Å²) in [4.78, 5) is 21.9. The van der Waals surface area contributed by atoms with E-state index in [0.717, 1.165) is 74.5 Å². The number of hydrogen-bond acceptors (Lipinski definition) is 8. The molecule has 0 N–H and O–H groups in total. The lowest BCUT2D eigenvalue weighted by atomic mass is 9.97. The van der Waals surface area contributed by atoms with Crippen LogP contribution in [-0.2, 0) is 35.6 Å². The average molecular weight is 715 g/mol. The number of aromatic nitrogens is 4. The van der Waals surface area contributed by atoms with E-state index in [1.165, 1.54) is 5.39 Å². The molecule has 0 spiro atoms. The molecule has 0 saturated carbocycles. The van der Waals surface area contributed by atoms with E-state index < -0.39 is 5.41 Å². The van der Waals surface area contributed by atoms with Crippen LogP contribution in [0.5, 0.6) is 11.5 Å². The quantitative estimate of drug-likeness (QED) is 0.134. The summed E-state index contributed by atoms with van der Waals surface area (Å²) in [5.41, 5.74) is 8.15. The van der Waals surface area contributed by atoms with Crippen LogP contribution in [0.25, 0.3) is 21.8 Å². The molecular formula is C43H50N6O4. The van der Waals surface area contributed by atoms with E-state index in [1.54, 1.807) is 14.2 Å². The van der Waals surface area contributed by atoms with Crippen molar-refractivity contribution in [2.24, 2.45) is 5.41 Å². The number of carbonyl (C=O) groups excluding carboxylic acids is 1. The lowest BCUT2D eigenvalue weighted by molar-refractivity contribution is -0.214. The van der Waals surface area contributed by atoms with Gasteiger partial charge >= 0.3 is 5.97 Å². The van der Waals surface area contributed by atoms with Crippen molar-refractivity contribution < 1.29 is 19.1 Å². The maximum Gasteiger partial charge on any atom is 0.330 e. The number of hydroxylamine groups is 2. The fraction of sp³-hybridized carbons (Fsp3) is 0.372. The van der Waals surface area contributed by atoms with Crippen molar-refractivity contribution in [3.8, 4) is 11.5 Å². The van der Waals surface area contributed by atoms with E-state index in [2.05, 4.69) is 88.8 Å². The van der Waals surface area contributed by atoms with Crippen molar-refractivity contribution in [1.82, 2.24) is 24.6 Å². The summed E-state index contributed by atoms with van der Waals surface area (Å²) in [5, 5.41) is 14.3. The van der Waals surface area contributed by atoms with Gasteiger partial charge in [0.25, 0.3) is 0 Å². The summed E-state index contributed by atoms with van der Waals surface area (Å²) in [5.74, 6) is 1.42. The standard InChI is InChI=1S/C43H50N6O4/c1-8-37-35-20-14-31(24-39(35)47(44-37)26-29-10-16-33(51-6)17-11-29)41-28-46(22-23-49(41)53-42(50)43(3,4)5)32-15-21-36-38(9-2)45-48(40(36)25-32)27-30-12-18-34(52-7)19-13-30/h10-21,24-25,41H,8-9,22-23,26-28H2,1-7H3. The van der Waals surface area contributed by atoms with Gasteiger partial charge in [0, 0.05) is 29.5 Å². The molecule has 10 heteroatoms. The number of rotatable bonds is 11. The molecule has 3 heterocycles. The number of anilines is 1. The molecule has 1 fully saturated rings. The number of fused-ring (bicyclic) bond motifs is 2. The minimum Gasteiger partial charge on any atom is -0.497 e. The van der Waals surface area contributed by atoms with Gasteiger partial charge in [-0.2, -0.15) is 10.2 Å². The van der Waals surface area contributed by atoms with E-state index in [1.807, 2.05) is 50.1 Å². The molecule has 1 aliphatic heterocycles. The topological polar surface area (TPSA) is 86.9 Å². The van der Waals surface area contributed by atoms with Crippen LogP contribution in [0.1, 0.15) is 68.7 Å². The number of methoxy groups -OCH3 is 2. The van der Waals surface area contributed by atoms with Crippen LogP contribution in [0.2, 0.25) is 0 Å². The molecule has 1 unspecified atom stereocenters. The molecule has 1 atom stereocenters. The van der Waals surface area contributed by atoms with Crippen LogP contribution in [0.3, 0.4) is 0 Å². The van der Waals surface area contributed by atoms with Gasteiger partial charge in [-0.05, 0) is 98.8 Å². The maximum atomic E-state index is 13.3. The van der Waals surface area contributed by atoms with Crippen LogP contribution in [0.4, 0.5) is 5.69 Å². The summed E-state index contributed by atoms with van der Waals surface area (Å²) < 4.78 is 15.0. The second-order valence-electron chi connectivity index (χ2n) is 14.8. The number of ether oxygens (including phenoxy) is 2. The molecule has 1 aliphatic rings. The number of aryl methyl sites for hydroxylation is 2. The summed E-state index contributed by atoms with van der Waals surface area (Å²) in [6.45, 7) is 13.2. The Morgan fingerprint density at radius 3 is 1.75 bits per heavy atom. The van der Waals surface area contributed by atoms with Crippen LogP contribution in [0.15, 0.2) is 84.9 Å². The first-order valence-corrected chi connectivity index (χ1v) is 18.6. The smallest absolute Gasteiger partial charge is 0.330 e. The van der Waals surface area contributed by atoms with E-state index in [-0.39, 0.29) is 12.0 Å². The van der Waals surface area contributed by atoms with Gasteiger partial charge in [-0.3, -0.25) is 9.36 Å². The second kappa shape index (κ2) is 14.9. The lowest BCUT2D eigenvalue weighted by Crippen LogP contribution is -2.50. The summed E-state index contributed by atoms with van der Waals surface area (Å²) in [7, 11) is 3.36. The zero-order valence-corrected chi connectivity index (χ0v) is 31.9. The van der Waals surface area contributed by atoms with Gasteiger partial charge in [-0.25, -0.2) is 4.79 Å². The largest absolute Gasteiger partial charge is 0.497 e. The zero-order chi connectivity index (χ0) is 37.3. The Morgan fingerprint density at radius 2 is 1.25 bits per heavy atom. The molecule has 276 valence electrons. The van der Waals surface area contributed by atoms with E-state index in [0.29, 0.717) is 32.7 Å². The lowest BCUT2D eigenvalue weighted by Gasteiger charge is -2.41. The Hall–Kier alpha value is -5.35. The van der Waals surface area contributed by atoms with Crippen molar-refractivity contribution in [1.29, 1.82) is 0 Å².